The van der Waals surface area contributed by atoms with Crippen LogP contribution < -0.4 is 5.32 Å². The van der Waals surface area contributed by atoms with Crippen LogP contribution in [0, 0.1) is 0 Å². The third-order valence-electron chi connectivity index (χ3n) is 5.27. The predicted molar refractivity (Wildman–Crippen MR) is 79.4 cm³/mol. The van der Waals surface area contributed by atoms with Crippen LogP contribution in [-0.4, -0.2) is 17.1 Å². The van der Waals surface area contributed by atoms with E-state index in [0.29, 0.717) is 11.5 Å². The summed E-state index contributed by atoms with van der Waals surface area (Å²) in [6, 6.07) is 4.38. The summed E-state index contributed by atoms with van der Waals surface area (Å²) in [5.41, 5.74) is 3.20. The maximum Gasteiger partial charge on any atom is 0.0484 e. The van der Waals surface area contributed by atoms with Crippen molar-refractivity contribution in [3.05, 3.63) is 29.6 Å². The van der Waals surface area contributed by atoms with Crippen molar-refractivity contribution in [3.8, 4) is 0 Å². The van der Waals surface area contributed by atoms with Gasteiger partial charge in [-0.2, -0.15) is 0 Å². The Balaban J connectivity index is 1.95. The van der Waals surface area contributed by atoms with E-state index >= 15 is 0 Å². The molecule has 0 bridgehead atoms. The fraction of sp³-hybridized carbons (Fsp3) is 0.706. The number of aryl methyl sites for hydroxylation is 1. The molecule has 1 fully saturated rings. The van der Waals surface area contributed by atoms with Crippen molar-refractivity contribution < 1.29 is 0 Å². The molecule has 2 heterocycles. The summed E-state index contributed by atoms with van der Waals surface area (Å²) in [7, 11) is 0. The number of rotatable bonds is 2. The number of hydrogen-bond acceptors (Lipinski definition) is 2. The molecule has 2 aliphatic rings. The standard InChI is InChI=1S/C17H26N2/c1-2-17(11-4-3-5-13-19-17)15-10-6-8-14-9-7-12-18-16(14)15/h7,9,12,15,19H,2-6,8,10-11,13H2,1H3. The maximum atomic E-state index is 4.76. The van der Waals surface area contributed by atoms with E-state index in [-0.39, 0.29) is 0 Å². The summed E-state index contributed by atoms with van der Waals surface area (Å²) in [6.07, 6.45) is 12.5. The smallest absolute Gasteiger partial charge is 0.0484 e. The van der Waals surface area contributed by atoms with E-state index in [1.807, 2.05) is 6.20 Å². The van der Waals surface area contributed by atoms with Crippen LogP contribution in [0.25, 0.3) is 0 Å². The first kappa shape index (κ1) is 13.1. The van der Waals surface area contributed by atoms with Crippen LogP contribution in [-0.2, 0) is 6.42 Å². The third kappa shape index (κ3) is 2.43. The molecular weight excluding hydrogens is 232 g/mol. The van der Waals surface area contributed by atoms with Gasteiger partial charge in [-0.1, -0.05) is 25.8 Å². The average molecular weight is 258 g/mol. The molecule has 1 saturated heterocycles. The van der Waals surface area contributed by atoms with Crippen molar-refractivity contribution in [1.82, 2.24) is 10.3 Å². The molecule has 3 rings (SSSR count). The first-order valence-electron chi connectivity index (χ1n) is 8.04. The number of pyridine rings is 1. The van der Waals surface area contributed by atoms with Crippen LogP contribution in [0.1, 0.15) is 69.0 Å². The van der Waals surface area contributed by atoms with Crippen molar-refractivity contribution in [2.45, 2.75) is 69.7 Å². The summed E-state index contributed by atoms with van der Waals surface area (Å²) in [6.45, 7) is 3.54. The van der Waals surface area contributed by atoms with Crippen LogP contribution in [0.3, 0.4) is 0 Å². The number of aromatic nitrogens is 1. The predicted octanol–water partition coefficient (Wildman–Crippen LogP) is 3.81. The molecule has 19 heavy (non-hydrogen) atoms. The minimum Gasteiger partial charge on any atom is -0.311 e. The van der Waals surface area contributed by atoms with Crippen molar-refractivity contribution in [3.63, 3.8) is 0 Å². The topological polar surface area (TPSA) is 24.9 Å². The fourth-order valence-corrected chi connectivity index (χ4v) is 4.16. The van der Waals surface area contributed by atoms with E-state index in [1.165, 1.54) is 69.2 Å². The van der Waals surface area contributed by atoms with Crippen LogP contribution >= 0.6 is 0 Å². The van der Waals surface area contributed by atoms with Crippen molar-refractivity contribution in [2.24, 2.45) is 0 Å². The lowest BCUT2D eigenvalue weighted by Gasteiger charge is -2.43. The van der Waals surface area contributed by atoms with Crippen LogP contribution in [0.15, 0.2) is 18.3 Å². The number of nitrogens with one attached hydrogen (secondary N) is 1. The molecule has 1 aliphatic carbocycles. The maximum absolute atomic E-state index is 4.76. The molecule has 1 N–H and O–H groups in total. The van der Waals surface area contributed by atoms with Gasteiger partial charge >= 0.3 is 0 Å². The highest BCUT2D eigenvalue weighted by atomic mass is 15.0. The summed E-state index contributed by atoms with van der Waals surface area (Å²) >= 11 is 0. The van der Waals surface area contributed by atoms with Crippen LogP contribution in [0.5, 0.6) is 0 Å². The van der Waals surface area contributed by atoms with Gasteiger partial charge in [0.2, 0.25) is 0 Å². The van der Waals surface area contributed by atoms with Crippen molar-refractivity contribution in [1.29, 1.82) is 0 Å². The molecule has 1 aromatic rings. The number of fused-ring (bicyclic) bond motifs is 1. The quantitative estimate of drug-likeness (QED) is 0.872. The molecule has 0 saturated carbocycles. The van der Waals surface area contributed by atoms with E-state index in [9.17, 15) is 0 Å². The highest BCUT2D eigenvalue weighted by Gasteiger charge is 2.40. The zero-order valence-electron chi connectivity index (χ0n) is 12.1. The molecular formula is C17H26N2. The Hall–Kier alpha value is -0.890. The summed E-state index contributed by atoms with van der Waals surface area (Å²) < 4.78 is 0. The molecule has 1 aliphatic heterocycles. The van der Waals surface area contributed by atoms with Gasteiger partial charge in [0.05, 0.1) is 0 Å². The van der Waals surface area contributed by atoms with Gasteiger partial charge in [0.1, 0.15) is 0 Å². The van der Waals surface area contributed by atoms with Gasteiger partial charge in [-0.3, -0.25) is 4.98 Å². The van der Waals surface area contributed by atoms with E-state index in [2.05, 4.69) is 24.4 Å². The van der Waals surface area contributed by atoms with Crippen molar-refractivity contribution >= 4 is 0 Å². The second-order valence-corrected chi connectivity index (χ2v) is 6.24. The molecule has 2 unspecified atom stereocenters. The molecule has 2 nitrogen and oxygen atoms in total. The SMILES string of the molecule is CCC1(C2CCCc3cccnc32)CCCCCN1. The zero-order valence-corrected chi connectivity index (χ0v) is 12.1. The minimum absolute atomic E-state index is 0.306. The highest BCUT2D eigenvalue weighted by molar-refractivity contribution is 5.29. The van der Waals surface area contributed by atoms with Crippen LogP contribution in [0.2, 0.25) is 0 Å². The lowest BCUT2D eigenvalue weighted by atomic mass is 9.70. The molecule has 0 radical (unpaired) electrons. The van der Waals surface area contributed by atoms with Gasteiger partial charge in [-0.05, 0) is 56.7 Å². The van der Waals surface area contributed by atoms with Gasteiger partial charge in [-0.15, -0.1) is 0 Å². The Bertz CT molecular complexity index is 419. The largest absolute Gasteiger partial charge is 0.311 e. The van der Waals surface area contributed by atoms with E-state index in [4.69, 9.17) is 4.98 Å². The Labute approximate surface area is 117 Å². The number of hydrogen-bond donors (Lipinski definition) is 1. The summed E-state index contributed by atoms with van der Waals surface area (Å²) in [4.78, 5) is 4.76. The molecule has 2 atom stereocenters. The first-order chi connectivity index (χ1) is 9.36. The normalized spacial score (nSPS) is 31.5. The average Bonchev–Trinajstić information content (AvgIpc) is 2.73. The fourth-order valence-electron chi connectivity index (χ4n) is 4.16. The summed E-state index contributed by atoms with van der Waals surface area (Å²) in [5, 5.41) is 3.92. The second-order valence-electron chi connectivity index (χ2n) is 6.24. The Morgan fingerprint density at radius 1 is 1.32 bits per heavy atom. The van der Waals surface area contributed by atoms with E-state index < -0.39 is 0 Å². The molecule has 2 heteroatoms. The third-order valence-corrected chi connectivity index (χ3v) is 5.27. The Kier molecular flexibility index (Phi) is 3.88. The molecule has 1 aromatic heterocycles. The van der Waals surface area contributed by atoms with Gasteiger partial charge < -0.3 is 5.32 Å². The van der Waals surface area contributed by atoms with Crippen molar-refractivity contribution in [2.75, 3.05) is 6.54 Å². The Morgan fingerprint density at radius 2 is 2.26 bits per heavy atom. The Morgan fingerprint density at radius 3 is 3.16 bits per heavy atom. The monoisotopic (exact) mass is 258 g/mol. The lowest BCUT2D eigenvalue weighted by molar-refractivity contribution is 0.224. The van der Waals surface area contributed by atoms with E-state index in [0.717, 1.165) is 0 Å². The molecule has 0 spiro atoms. The molecule has 104 valence electrons. The minimum atomic E-state index is 0.306. The second kappa shape index (κ2) is 5.62. The van der Waals surface area contributed by atoms with Gasteiger partial charge in [0.25, 0.3) is 0 Å². The molecule has 0 amide bonds. The molecule has 0 aromatic carbocycles. The number of nitrogens with zero attached hydrogens (tertiary/aromatic N) is 1. The van der Waals surface area contributed by atoms with Crippen LogP contribution in [0.4, 0.5) is 0 Å². The van der Waals surface area contributed by atoms with Gasteiger partial charge in [-0.25, -0.2) is 0 Å². The van der Waals surface area contributed by atoms with Gasteiger partial charge in [0.15, 0.2) is 0 Å². The summed E-state index contributed by atoms with van der Waals surface area (Å²) in [5.74, 6) is 0.626. The lowest BCUT2D eigenvalue weighted by Crippen LogP contribution is -2.50. The van der Waals surface area contributed by atoms with Gasteiger partial charge in [0, 0.05) is 23.3 Å². The highest BCUT2D eigenvalue weighted by Crippen LogP contribution is 2.42. The zero-order chi connectivity index (χ0) is 13.1. The first-order valence-corrected chi connectivity index (χ1v) is 8.04. The van der Waals surface area contributed by atoms with E-state index in [1.54, 1.807) is 0 Å².